The predicted octanol–water partition coefficient (Wildman–Crippen LogP) is 1.43. The number of ketones is 2. The van der Waals surface area contributed by atoms with Crippen LogP contribution in [-0.4, -0.2) is 34.1 Å². The molecule has 1 N–H and O–H groups in total. The molecule has 3 radical (unpaired) electrons. The van der Waals surface area contributed by atoms with Crippen molar-refractivity contribution in [2.75, 3.05) is 5.17 Å². The average Bonchev–Trinajstić information content (AvgIpc) is 2.43. The quantitative estimate of drug-likeness (QED) is 0.381. The van der Waals surface area contributed by atoms with Crippen molar-refractivity contribution < 1.29 is 14.8 Å². The van der Waals surface area contributed by atoms with Crippen molar-refractivity contribution in [3.05, 3.63) is 59.5 Å². The molecule has 7 heteroatoms. The zero-order chi connectivity index (χ0) is 13.4. The molecule has 0 aromatic heterocycles. The molecule has 6 nitrogen and oxygen atoms in total. The molecular formula is C12H10AlN2O4. The van der Waals surface area contributed by atoms with E-state index in [0.717, 1.165) is 0 Å². The molecule has 95 valence electrons. The molecule has 0 fully saturated rings. The molecule has 0 unspecified atom stereocenters. The number of allylic oxidation sites excluding steroid dienone is 4. The van der Waals surface area contributed by atoms with Gasteiger partial charge in [0.15, 0.2) is 11.6 Å². The molecule has 0 amide bonds. The molecule has 1 aromatic rings. The minimum absolute atomic E-state index is 0. The molecule has 19 heavy (non-hydrogen) atoms. The first kappa shape index (κ1) is 16.9. The Hall–Kier alpha value is -2.07. The first-order valence-corrected chi connectivity index (χ1v) is 4.95. The minimum atomic E-state index is -0.121. The highest BCUT2D eigenvalue weighted by molar-refractivity contribution is 6.14. The maximum Gasteiger partial charge on any atom is 0.178 e. The number of hydrogen-bond donors (Lipinski definition) is 1. The third-order valence-electron chi connectivity index (χ3n) is 1.89. The Balaban J connectivity index is 0.000000331. The highest BCUT2D eigenvalue weighted by Gasteiger charge is 1.98. The number of nitroso groups, excluding NO2 is 1. The van der Waals surface area contributed by atoms with Crippen LogP contribution in [0, 0.1) is 4.91 Å². The highest BCUT2D eigenvalue weighted by Crippen LogP contribution is 2.09. The summed E-state index contributed by atoms with van der Waals surface area (Å²) >= 11 is 0. The second-order valence-corrected chi connectivity index (χ2v) is 3.18. The lowest BCUT2D eigenvalue weighted by molar-refractivity contribution is -0.113. The van der Waals surface area contributed by atoms with E-state index in [4.69, 9.17) is 5.21 Å². The second-order valence-electron chi connectivity index (χ2n) is 3.18. The molecule has 0 atom stereocenters. The van der Waals surface area contributed by atoms with E-state index in [1.165, 1.54) is 24.3 Å². The fourth-order valence-electron chi connectivity index (χ4n) is 1.05. The third-order valence-corrected chi connectivity index (χ3v) is 1.89. The van der Waals surface area contributed by atoms with Gasteiger partial charge >= 0.3 is 0 Å². The third kappa shape index (κ3) is 6.43. The Labute approximate surface area is 120 Å². The SMILES string of the molecule is O=C1C=CC(=O)C=C1.O=NN(O)c1ccccc1.[Al]. The zero-order valence-corrected chi connectivity index (χ0v) is 11.0. The molecule has 0 heterocycles. The van der Waals surface area contributed by atoms with Gasteiger partial charge in [0.25, 0.3) is 0 Å². The van der Waals surface area contributed by atoms with Gasteiger partial charge in [-0.05, 0) is 36.4 Å². The van der Waals surface area contributed by atoms with E-state index < -0.39 is 0 Å². The number of nitrogens with zero attached hydrogens (tertiary/aromatic N) is 2. The zero-order valence-electron chi connectivity index (χ0n) is 9.84. The molecule has 0 spiro atoms. The molecule has 1 aliphatic carbocycles. The van der Waals surface area contributed by atoms with Crippen LogP contribution >= 0.6 is 0 Å². The number of hydrogen-bond acceptors (Lipinski definition) is 5. The van der Waals surface area contributed by atoms with Gasteiger partial charge in [0.1, 0.15) is 0 Å². The summed E-state index contributed by atoms with van der Waals surface area (Å²) in [6.07, 6.45) is 5.01. The average molecular weight is 273 g/mol. The van der Waals surface area contributed by atoms with Crippen LogP contribution in [-0.2, 0) is 9.59 Å². The Morgan fingerprint density at radius 2 is 1.32 bits per heavy atom. The molecule has 2 rings (SSSR count). The molecule has 1 aliphatic rings. The smallest absolute Gasteiger partial charge is 0.178 e. The standard InChI is InChI=1S/C6H6N2O2.C6H4O2.Al/c9-7-8(10)6-4-2-1-3-5-6;7-5-1-2-6(8)4-3-5;/h1-5,10H;1-4H;. The summed E-state index contributed by atoms with van der Waals surface area (Å²) in [5.74, 6) is -0.241. The van der Waals surface area contributed by atoms with Crippen LogP contribution in [0.4, 0.5) is 5.69 Å². The van der Waals surface area contributed by atoms with E-state index in [1.54, 1.807) is 30.3 Å². The van der Waals surface area contributed by atoms with Crippen molar-refractivity contribution in [3.63, 3.8) is 0 Å². The number of benzene rings is 1. The lowest BCUT2D eigenvalue weighted by Gasteiger charge is -2.03. The maximum absolute atomic E-state index is 10.3. The summed E-state index contributed by atoms with van der Waals surface area (Å²) < 4.78 is 0. The van der Waals surface area contributed by atoms with Crippen molar-refractivity contribution in [2.24, 2.45) is 5.29 Å². The lowest BCUT2D eigenvalue weighted by atomic mass is 10.2. The molecule has 1 aromatic carbocycles. The van der Waals surface area contributed by atoms with Gasteiger partial charge in [-0.25, -0.2) is 0 Å². The summed E-state index contributed by atoms with van der Waals surface area (Å²) in [7, 11) is 0. The van der Waals surface area contributed by atoms with E-state index in [-0.39, 0.29) is 34.1 Å². The van der Waals surface area contributed by atoms with Crippen molar-refractivity contribution in [3.8, 4) is 0 Å². The summed E-state index contributed by atoms with van der Waals surface area (Å²) in [5.41, 5.74) is 0.359. The van der Waals surface area contributed by atoms with Gasteiger partial charge in [0, 0.05) is 17.4 Å². The van der Waals surface area contributed by atoms with Crippen LogP contribution in [0.15, 0.2) is 59.9 Å². The second kappa shape index (κ2) is 8.94. The van der Waals surface area contributed by atoms with E-state index in [0.29, 0.717) is 5.69 Å². The van der Waals surface area contributed by atoms with Gasteiger partial charge in [-0.1, -0.05) is 18.2 Å². The number of rotatable bonds is 2. The van der Waals surface area contributed by atoms with Crippen LogP contribution in [0.3, 0.4) is 0 Å². The Morgan fingerprint density at radius 1 is 0.895 bits per heavy atom. The van der Waals surface area contributed by atoms with Gasteiger partial charge in [-0.2, -0.15) is 0 Å². The van der Waals surface area contributed by atoms with Crippen molar-refractivity contribution >= 4 is 34.6 Å². The van der Waals surface area contributed by atoms with E-state index in [1.807, 2.05) is 0 Å². The molecule has 0 saturated carbocycles. The molecular weight excluding hydrogens is 263 g/mol. The summed E-state index contributed by atoms with van der Waals surface area (Å²) in [6.45, 7) is 0. The summed E-state index contributed by atoms with van der Waals surface area (Å²) in [5, 5.41) is 11.3. The first-order chi connectivity index (χ1) is 8.63. The van der Waals surface area contributed by atoms with Gasteiger partial charge in [-0.15, -0.1) is 10.1 Å². The van der Waals surface area contributed by atoms with Crippen molar-refractivity contribution in [1.82, 2.24) is 0 Å². The molecule has 0 saturated heterocycles. The fraction of sp³-hybridized carbons (Fsp3) is 0. The topological polar surface area (TPSA) is 87.0 Å². The number of anilines is 1. The van der Waals surface area contributed by atoms with Crippen LogP contribution in [0.2, 0.25) is 0 Å². The summed E-state index contributed by atoms with van der Waals surface area (Å²) in [6, 6.07) is 8.32. The Morgan fingerprint density at radius 3 is 1.68 bits per heavy atom. The first-order valence-electron chi connectivity index (χ1n) is 4.95. The highest BCUT2D eigenvalue weighted by atomic mass is 27.0. The largest absolute Gasteiger partial charge is 0.290 e. The van der Waals surface area contributed by atoms with Gasteiger partial charge in [0.05, 0.1) is 11.0 Å². The maximum atomic E-state index is 10.3. The molecule has 0 aliphatic heterocycles. The summed E-state index contributed by atoms with van der Waals surface area (Å²) in [4.78, 5) is 30.3. The minimum Gasteiger partial charge on any atom is -0.290 e. The van der Waals surface area contributed by atoms with E-state index in [9.17, 15) is 14.5 Å². The normalized spacial score (nSPS) is 12.1. The predicted molar refractivity (Wildman–Crippen MR) is 70.6 cm³/mol. The Bertz CT molecular complexity index is 462. The van der Waals surface area contributed by atoms with Crippen LogP contribution < -0.4 is 5.17 Å². The van der Waals surface area contributed by atoms with Gasteiger partial charge in [-0.3, -0.25) is 14.8 Å². The number of carbonyl (C=O) groups is 2. The van der Waals surface area contributed by atoms with E-state index in [2.05, 4.69) is 5.29 Å². The van der Waals surface area contributed by atoms with Crippen molar-refractivity contribution in [2.45, 2.75) is 0 Å². The van der Waals surface area contributed by atoms with Crippen LogP contribution in [0.5, 0.6) is 0 Å². The van der Waals surface area contributed by atoms with Crippen molar-refractivity contribution in [1.29, 1.82) is 0 Å². The van der Waals surface area contributed by atoms with Crippen LogP contribution in [0.1, 0.15) is 0 Å². The van der Waals surface area contributed by atoms with E-state index >= 15 is 0 Å². The fourth-order valence-corrected chi connectivity index (χ4v) is 1.05. The lowest BCUT2D eigenvalue weighted by Crippen LogP contribution is -2.06. The number of para-hydroxylation sites is 1. The Kier molecular flexibility index (Phi) is 7.97. The van der Waals surface area contributed by atoms with Gasteiger partial charge < -0.3 is 0 Å². The van der Waals surface area contributed by atoms with Gasteiger partial charge in [0.2, 0.25) is 0 Å². The van der Waals surface area contributed by atoms with Crippen LogP contribution in [0.25, 0.3) is 0 Å². The monoisotopic (exact) mass is 273 g/mol. The molecule has 0 bridgehead atoms. The number of carbonyl (C=O) groups excluding carboxylic acids is 2.